The van der Waals surface area contributed by atoms with Crippen LogP contribution in [0, 0.1) is 22.7 Å². The van der Waals surface area contributed by atoms with Crippen LogP contribution in [0.1, 0.15) is 65.2 Å². The Morgan fingerprint density at radius 1 is 1.15 bits per heavy atom. The van der Waals surface area contributed by atoms with Gasteiger partial charge in [0.1, 0.15) is 5.60 Å². The van der Waals surface area contributed by atoms with Crippen LogP contribution in [-0.4, -0.2) is 23.5 Å². The summed E-state index contributed by atoms with van der Waals surface area (Å²) in [5, 5.41) is 0. The molecule has 5 aliphatic rings. The Labute approximate surface area is 154 Å². The molecular formula is C22H27FO3. The Hall–Kier alpha value is -1.45. The molecule has 1 spiro atoms. The fraction of sp³-hybridized carbons (Fsp3) is 0.727. The fourth-order valence-corrected chi connectivity index (χ4v) is 7.12. The lowest BCUT2D eigenvalue weighted by Crippen LogP contribution is -2.50. The quantitative estimate of drug-likeness (QED) is 0.474. The highest BCUT2D eigenvalue weighted by atomic mass is 19.1. The molecule has 0 aromatic heterocycles. The lowest BCUT2D eigenvalue weighted by molar-refractivity contribution is -0.161. The van der Waals surface area contributed by atoms with Crippen molar-refractivity contribution in [2.45, 2.75) is 77.0 Å². The highest BCUT2D eigenvalue weighted by Crippen LogP contribution is 2.68. The zero-order valence-electron chi connectivity index (χ0n) is 15.6. The third-order valence-electron chi connectivity index (χ3n) is 8.69. The molecule has 3 fully saturated rings. The summed E-state index contributed by atoms with van der Waals surface area (Å²) in [6.07, 6.45) is 9.27. The van der Waals surface area contributed by atoms with Crippen molar-refractivity contribution >= 4 is 11.8 Å². The van der Waals surface area contributed by atoms with E-state index in [0.29, 0.717) is 18.3 Å². The molecule has 1 aliphatic heterocycles. The first-order valence-corrected chi connectivity index (χ1v) is 10.1. The number of hydrogen-bond donors (Lipinski definition) is 0. The van der Waals surface area contributed by atoms with Gasteiger partial charge in [-0.3, -0.25) is 4.79 Å². The van der Waals surface area contributed by atoms with Crippen molar-refractivity contribution in [1.82, 2.24) is 0 Å². The number of esters is 1. The highest BCUT2D eigenvalue weighted by molar-refractivity contribution is 5.92. The standard InChI is InChI=1S/C22H27FO3/c1-20-8-5-14(24)11-13(20)3-4-15-16(20)6-9-21(2)17(15)7-10-22(21)12-18(23)19(25)26-22/h6,11,15,17-18H,3-5,7-10,12H2,1-2H3/t15?,17?,18?,20-,21-,22+/m0/s1. The number of rotatable bonds is 0. The maximum absolute atomic E-state index is 14.1. The molecule has 2 saturated carbocycles. The number of carbonyl (C=O) groups is 2. The Morgan fingerprint density at radius 2 is 1.96 bits per heavy atom. The first-order valence-electron chi connectivity index (χ1n) is 10.1. The molecule has 0 bridgehead atoms. The number of ketones is 1. The minimum atomic E-state index is -1.46. The van der Waals surface area contributed by atoms with Crippen LogP contribution in [0.15, 0.2) is 23.3 Å². The molecule has 0 amide bonds. The monoisotopic (exact) mass is 358 g/mol. The van der Waals surface area contributed by atoms with Crippen LogP contribution in [0.25, 0.3) is 0 Å². The summed E-state index contributed by atoms with van der Waals surface area (Å²) in [7, 11) is 0. The summed E-state index contributed by atoms with van der Waals surface area (Å²) in [4.78, 5) is 23.8. The first-order chi connectivity index (χ1) is 12.3. The van der Waals surface area contributed by atoms with Crippen LogP contribution in [0.5, 0.6) is 0 Å². The van der Waals surface area contributed by atoms with E-state index in [1.54, 1.807) is 0 Å². The van der Waals surface area contributed by atoms with Crippen molar-refractivity contribution in [2.75, 3.05) is 0 Å². The van der Waals surface area contributed by atoms with E-state index in [0.717, 1.165) is 38.5 Å². The van der Waals surface area contributed by atoms with E-state index in [1.165, 1.54) is 11.1 Å². The largest absolute Gasteiger partial charge is 0.456 e. The van der Waals surface area contributed by atoms with Crippen LogP contribution < -0.4 is 0 Å². The maximum Gasteiger partial charge on any atom is 0.341 e. The van der Waals surface area contributed by atoms with Gasteiger partial charge >= 0.3 is 5.97 Å². The summed E-state index contributed by atoms with van der Waals surface area (Å²) in [5.41, 5.74) is 2.05. The zero-order chi connectivity index (χ0) is 18.3. The van der Waals surface area contributed by atoms with Crippen LogP contribution in [0.3, 0.4) is 0 Å². The topological polar surface area (TPSA) is 43.4 Å². The molecule has 140 valence electrons. The van der Waals surface area contributed by atoms with E-state index in [2.05, 4.69) is 19.9 Å². The lowest BCUT2D eigenvalue weighted by atomic mass is 9.50. The second-order valence-corrected chi connectivity index (χ2v) is 9.63. The molecule has 6 atom stereocenters. The molecule has 3 unspecified atom stereocenters. The molecule has 5 rings (SSSR count). The van der Waals surface area contributed by atoms with Gasteiger partial charge in [-0.1, -0.05) is 31.1 Å². The second-order valence-electron chi connectivity index (χ2n) is 9.63. The number of halogens is 1. The van der Waals surface area contributed by atoms with Gasteiger partial charge in [0.15, 0.2) is 5.78 Å². The second kappa shape index (κ2) is 5.08. The van der Waals surface area contributed by atoms with Crippen molar-refractivity contribution in [3.05, 3.63) is 23.3 Å². The van der Waals surface area contributed by atoms with Crippen LogP contribution in [0.4, 0.5) is 4.39 Å². The third kappa shape index (κ3) is 1.88. The normalized spacial score (nSPS) is 49.9. The molecule has 1 saturated heterocycles. The predicted octanol–water partition coefficient (Wildman–Crippen LogP) is 4.46. The number of hydrogen-bond acceptors (Lipinski definition) is 3. The van der Waals surface area contributed by atoms with Crippen LogP contribution in [0.2, 0.25) is 0 Å². The number of ether oxygens (including phenoxy) is 1. The summed E-state index contributed by atoms with van der Waals surface area (Å²) in [5.74, 6) is 0.523. The minimum Gasteiger partial charge on any atom is -0.456 e. The van der Waals surface area contributed by atoms with Crippen molar-refractivity contribution in [1.29, 1.82) is 0 Å². The van der Waals surface area contributed by atoms with Crippen molar-refractivity contribution in [3.8, 4) is 0 Å². The summed E-state index contributed by atoms with van der Waals surface area (Å²) in [6.45, 7) is 4.53. The van der Waals surface area contributed by atoms with E-state index in [1.807, 2.05) is 6.08 Å². The van der Waals surface area contributed by atoms with Crippen molar-refractivity contribution < 1.29 is 18.7 Å². The molecule has 4 aliphatic carbocycles. The molecule has 3 nitrogen and oxygen atoms in total. The number of allylic oxidation sites excluding steroid dienone is 4. The van der Waals surface area contributed by atoms with Crippen molar-refractivity contribution in [2.24, 2.45) is 22.7 Å². The summed E-state index contributed by atoms with van der Waals surface area (Å²) < 4.78 is 19.8. The van der Waals surface area contributed by atoms with Gasteiger partial charge in [0.2, 0.25) is 6.17 Å². The average Bonchev–Trinajstić information content (AvgIpc) is 3.05. The Morgan fingerprint density at radius 3 is 2.69 bits per heavy atom. The Bertz CT molecular complexity index is 767. The molecule has 0 radical (unpaired) electrons. The van der Waals surface area contributed by atoms with Gasteiger partial charge in [-0.2, -0.15) is 0 Å². The minimum absolute atomic E-state index is 0.0168. The van der Waals surface area contributed by atoms with Gasteiger partial charge in [0.05, 0.1) is 0 Å². The maximum atomic E-state index is 14.1. The molecule has 0 N–H and O–H groups in total. The number of fused-ring (bicyclic) bond motifs is 6. The highest BCUT2D eigenvalue weighted by Gasteiger charge is 2.67. The van der Waals surface area contributed by atoms with Gasteiger partial charge < -0.3 is 4.74 Å². The predicted molar refractivity (Wildman–Crippen MR) is 95.0 cm³/mol. The lowest BCUT2D eigenvalue weighted by Gasteiger charge is -2.54. The molecule has 0 aromatic carbocycles. The summed E-state index contributed by atoms with van der Waals surface area (Å²) >= 11 is 0. The van der Waals surface area contributed by atoms with Crippen molar-refractivity contribution in [3.63, 3.8) is 0 Å². The summed E-state index contributed by atoms with van der Waals surface area (Å²) in [6, 6.07) is 0. The van der Waals surface area contributed by atoms with Gasteiger partial charge in [0, 0.05) is 23.7 Å². The average molecular weight is 358 g/mol. The molecule has 0 aromatic rings. The molecule has 26 heavy (non-hydrogen) atoms. The van der Waals surface area contributed by atoms with Gasteiger partial charge in [-0.05, 0) is 56.4 Å². The molecular weight excluding hydrogens is 331 g/mol. The van der Waals surface area contributed by atoms with Crippen LogP contribution >= 0.6 is 0 Å². The number of alkyl halides is 1. The van der Waals surface area contributed by atoms with E-state index < -0.39 is 17.7 Å². The van der Waals surface area contributed by atoms with Gasteiger partial charge in [0.25, 0.3) is 0 Å². The molecule has 1 heterocycles. The van der Waals surface area contributed by atoms with Gasteiger partial charge in [-0.15, -0.1) is 0 Å². The SMILES string of the molecule is C[C@]12CCC(=O)C=C1CCC1C2=CC[C@@]2(C)C1CC[C@@]21CC(F)C(=O)O1. The smallest absolute Gasteiger partial charge is 0.341 e. The fourth-order valence-electron chi connectivity index (χ4n) is 7.12. The van der Waals surface area contributed by atoms with E-state index in [9.17, 15) is 14.0 Å². The van der Waals surface area contributed by atoms with E-state index >= 15 is 0 Å². The van der Waals surface area contributed by atoms with Crippen LogP contribution in [-0.2, 0) is 14.3 Å². The third-order valence-corrected chi connectivity index (χ3v) is 8.69. The number of carbonyl (C=O) groups excluding carboxylic acids is 2. The van der Waals surface area contributed by atoms with E-state index in [-0.39, 0.29) is 23.0 Å². The zero-order valence-corrected chi connectivity index (χ0v) is 15.6. The Kier molecular flexibility index (Phi) is 3.26. The van der Waals surface area contributed by atoms with Gasteiger partial charge in [-0.25, -0.2) is 9.18 Å². The van der Waals surface area contributed by atoms with E-state index in [4.69, 9.17) is 4.74 Å². The first kappa shape index (κ1) is 16.7. The molecule has 4 heteroatoms. The Balaban J connectivity index is 1.55.